The quantitative estimate of drug-likeness (QED) is 0.782. The van der Waals surface area contributed by atoms with Gasteiger partial charge in [0.2, 0.25) is 5.95 Å². The molecule has 0 radical (unpaired) electrons. The first-order chi connectivity index (χ1) is 8.70. The van der Waals surface area contributed by atoms with Crippen molar-refractivity contribution in [2.45, 2.75) is 31.8 Å². The van der Waals surface area contributed by atoms with Crippen molar-refractivity contribution in [3.63, 3.8) is 0 Å². The first-order valence-electron chi connectivity index (χ1n) is 5.86. The van der Waals surface area contributed by atoms with E-state index in [1.54, 1.807) is 11.3 Å². The van der Waals surface area contributed by atoms with Crippen molar-refractivity contribution >= 4 is 33.2 Å². The lowest BCUT2D eigenvalue weighted by molar-refractivity contribution is 0.664. The first kappa shape index (κ1) is 13.5. The maximum absolute atomic E-state index is 4.44. The van der Waals surface area contributed by atoms with E-state index in [1.165, 1.54) is 4.88 Å². The summed E-state index contributed by atoms with van der Waals surface area (Å²) >= 11 is 5.17. The number of nitrogens with zero attached hydrogens (tertiary/aromatic N) is 3. The Labute approximate surface area is 120 Å². The van der Waals surface area contributed by atoms with Gasteiger partial charge in [-0.1, -0.05) is 22.0 Å². The normalized spacial score (nSPS) is 10.9. The summed E-state index contributed by atoms with van der Waals surface area (Å²) in [4.78, 5) is 12.4. The Kier molecular flexibility index (Phi) is 4.72. The Morgan fingerprint density at radius 3 is 2.56 bits per heavy atom. The van der Waals surface area contributed by atoms with Crippen LogP contribution in [0, 0.1) is 0 Å². The van der Waals surface area contributed by atoms with Gasteiger partial charge < -0.3 is 4.90 Å². The average molecular weight is 326 g/mol. The number of halogens is 1. The van der Waals surface area contributed by atoms with Gasteiger partial charge in [-0.2, -0.15) is 0 Å². The topological polar surface area (TPSA) is 29.0 Å². The molecular weight excluding hydrogens is 310 g/mol. The van der Waals surface area contributed by atoms with Gasteiger partial charge in [0.05, 0.1) is 6.54 Å². The van der Waals surface area contributed by atoms with Crippen LogP contribution >= 0.6 is 27.3 Å². The number of aromatic nitrogens is 2. The third-order valence-electron chi connectivity index (χ3n) is 2.63. The van der Waals surface area contributed by atoms with Crippen LogP contribution in [-0.2, 0) is 11.9 Å². The molecule has 3 nitrogen and oxygen atoms in total. The molecule has 2 aromatic heterocycles. The molecule has 0 saturated heterocycles. The molecule has 0 spiro atoms. The number of hydrogen-bond acceptors (Lipinski definition) is 4. The second-order valence-corrected chi connectivity index (χ2v) is 5.92. The average Bonchev–Trinajstić information content (AvgIpc) is 2.89. The van der Waals surface area contributed by atoms with E-state index in [9.17, 15) is 0 Å². The van der Waals surface area contributed by atoms with E-state index in [2.05, 4.69) is 62.2 Å². The molecule has 0 N–H and O–H groups in total. The van der Waals surface area contributed by atoms with Crippen LogP contribution in [-0.4, -0.2) is 16.0 Å². The third kappa shape index (κ3) is 3.29. The maximum atomic E-state index is 4.44. The van der Waals surface area contributed by atoms with E-state index in [0.29, 0.717) is 6.04 Å². The molecule has 2 heterocycles. The second-order valence-electron chi connectivity index (χ2n) is 4.33. The summed E-state index contributed by atoms with van der Waals surface area (Å²) in [6.45, 7) is 5.19. The summed E-state index contributed by atoms with van der Waals surface area (Å²) in [6.07, 6.45) is 3.75. The standard InChI is InChI=1S/C13H16BrN3S/c1-10(2)17(9-12-4-3-5-18-12)13-15-7-11(6-14)8-16-13/h3-5,7-8,10H,6,9H2,1-2H3. The highest BCUT2D eigenvalue weighted by Gasteiger charge is 2.14. The van der Waals surface area contributed by atoms with E-state index < -0.39 is 0 Å². The Morgan fingerprint density at radius 1 is 1.33 bits per heavy atom. The number of alkyl halides is 1. The van der Waals surface area contributed by atoms with Crippen LogP contribution in [0.2, 0.25) is 0 Å². The highest BCUT2D eigenvalue weighted by Crippen LogP contribution is 2.18. The number of thiophene rings is 1. The van der Waals surface area contributed by atoms with E-state index in [4.69, 9.17) is 0 Å². The molecule has 0 unspecified atom stereocenters. The molecule has 0 aliphatic heterocycles. The molecule has 0 amide bonds. The molecule has 5 heteroatoms. The zero-order valence-electron chi connectivity index (χ0n) is 10.5. The van der Waals surface area contributed by atoms with Gasteiger partial charge in [0, 0.05) is 28.6 Å². The zero-order chi connectivity index (χ0) is 13.0. The minimum Gasteiger partial charge on any atom is -0.333 e. The molecule has 2 rings (SSSR count). The molecular formula is C13H16BrN3S. The van der Waals surface area contributed by atoms with E-state index in [-0.39, 0.29) is 0 Å². The van der Waals surface area contributed by atoms with E-state index >= 15 is 0 Å². The van der Waals surface area contributed by atoms with Crippen LogP contribution in [0.3, 0.4) is 0 Å². The van der Waals surface area contributed by atoms with E-state index in [1.807, 2.05) is 12.4 Å². The van der Waals surface area contributed by atoms with Crippen LogP contribution in [0.25, 0.3) is 0 Å². The number of rotatable bonds is 5. The van der Waals surface area contributed by atoms with Crippen LogP contribution in [0.4, 0.5) is 5.95 Å². The van der Waals surface area contributed by atoms with Gasteiger partial charge in [0.25, 0.3) is 0 Å². The van der Waals surface area contributed by atoms with Gasteiger partial charge in [-0.05, 0) is 30.9 Å². The van der Waals surface area contributed by atoms with Crippen LogP contribution in [0.1, 0.15) is 24.3 Å². The van der Waals surface area contributed by atoms with Gasteiger partial charge in [-0.25, -0.2) is 9.97 Å². The zero-order valence-corrected chi connectivity index (χ0v) is 12.9. The van der Waals surface area contributed by atoms with Gasteiger partial charge >= 0.3 is 0 Å². The van der Waals surface area contributed by atoms with Crippen molar-refractivity contribution < 1.29 is 0 Å². The first-order valence-corrected chi connectivity index (χ1v) is 7.86. The van der Waals surface area contributed by atoms with E-state index in [0.717, 1.165) is 23.4 Å². The molecule has 0 aliphatic rings. The highest BCUT2D eigenvalue weighted by molar-refractivity contribution is 9.08. The van der Waals surface area contributed by atoms with Crippen LogP contribution in [0.15, 0.2) is 29.9 Å². The molecule has 0 bridgehead atoms. The monoisotopic (exact) mass is 325 g/mol. The predicted molar refractivity (Wildman–Crippen MR) is 80.3 cm³/mol. The van der Waals surface area contributed by atoms with Gasteiger partial charge in [0.15, 0.2) is 0 Å². The van der Waals surface area contributed by atoms with Crippen molar-refractivity contribution in [2.75, 3.05) is 4.90 Å². The second kappa shape index (κ2) is 6.29. The summed E-state index contributed by atoms with van der Waals surface area (Å²) in [5, 5.41) is 2.89. The summed E-state index contributed by atoms with van der Waals surface area (Å²) in [6, 6.07) is 4.60. The Bertz CT molecular complexity index is 467. The van der Waals surface area contributed by atoms with Gasteiger partial charge in [-0.3, -0.25) is 0 Å². The molecule has 0 saturated carbocycles. The Hall–Kier alpha value is -0.940. The third-order valence-corrected chi connectivity index (χ3v) is 4.14. The number of anilines is 1. The van der Waals surface area contributed by atoms with Crippen molar-refractivity contribution in [1.82, 2.24) is 9.97 Å². The molecule has 18 heavy (non-hydrogen) atoms. The van der Waals surface area contributed by atoms with Crippen molar-refractivity contribution in [3.8, 4) is 0 Å². The Morgan fingerprint density at radius 2 is 2.06 bits per heavy atom. The molecule has 0 atom stereocenters. The molecule has 0 fully saturated rings. The van der Waals surface area contributed by atoms with Crippen molar-refractivity contribution in [2.24, 2.45) is 0 Å². The van der Waals surface area contributed by atoms with Crippen LogP contribution in [0.5, 0.6) is 0 Å². The fraction of sp³-hybridized carbons (Fsp3) is 0.385. The molecule has 96 valence electrons. The van der Waals surface area contributed by atoms with Gasteiger partial charge in [0.1, 0.15) is 0 Å². The highest BCUT2D eigenvalue weighted by atomic mass is 79.9. The Balaban J connectivity index is 2.18. The lowest BCUT2D eigenvalue weighted by Crippen LogP contribution is -2.31. The van der Waals surface area contributed by atoms with Crippen LogP contribution < -0.4 is 4.90 Å². The fourth-order valence-corrected chi connectivity index (χ4v) is 2.61. The van der Waals surface area contributed by atoms with Crippen molar-refractivity contribution in [3.05, 3.63) is 40.3 Å². The molecule has 0 aromatic carbocycles. The largest absolute Gasteiger partial charge is 0.333 e. The number of hydrogen-bond donors (Lipinski definition) is 0. The lowest BCUT2D eigenvalue weighted by Gasteiger charge is -2.26. The summed E-state index contributed by atoms with van der Waals surface area (Å²) < 4.78 is 0. The maximum Gasteiger partial charge on any atom is 0.225 e. The minimum absolute atomic E-state index is 0.377. The SMILES string of the molecule is CC(C)N(Cc1cccs1)c1ncc(CBr)cn1. The summed E-state index contributed by atoms with van der Waals surface area (Å²) in [7, 11) is 0. The molecule has 0 aliphatic carbocycles. The van der Waals surface area contributed by atoms with Crippen molar-refractivity contribution in [1.29, 1.82) is 0 Å². The van der Waals surface area contributed by atoms with Gasteiger partial charge in [-0.15, -0.1) is 11.3 Å². The predicted octanol–water partition coefficient (Wildman–Crippen LogP) is 3.85. The summed E-state index contributed by atoms with van der Waals surface area (Å²) in [5.74, 6) is 0.795. The molecule has 2 aromatic rings. The minimum atomic E-state index is 0.377. The lowest BCUT2D eigenvalue weighted by atomic mass is 10.3. The summed E-state index contributed by atoms with van der Waals surface area (Å²) in [5.41, 5.74) is 1.10. The smallest absolute Gasteiger partial charge is 0.225 e. The fourth-order valence-electron chi connectivity index (χ4n) is 1.62.